The van der Waals surface area contributed by atoms with Crippen molar-refractivity contribution in [3.05, 3.63) is 0 Å². The van der Waals surface area contributed by atoms with E-state index >= 15 is 0 Å². The van der Waals surface area contributed by atoms with Gasteiger partial charge in [-0.25, -0.2) is 0 Å². The minimum atomic E-state index is -0.354. The van der Waals surface area contributed by atoms with Crippen LogP contribution in [0, 0.1) is 5.92 Å². The molecule has 0 bridgehead atoms. The van der Waals surface area contributed by atoms with E-state index in [1.54, 1.807) is 11.8 Å². The van der Waals surface area contributed by atoms with Gasteiger partial charge in [-0.05, 0) is 37.2 Å². The minimum Gasteiger partial charge on any atom is -0.381 e. The Labute approximate surface area is 102 Å². The van der Waals surface area contributed by atoms with Crippen LogP contribution in [0.25, 0.3) is 0 Å². The van der Waals surface area contributed by atoms with E-state index < -0.39 is 0 Å². The molecule has 0 aromatic rings. The van der Waals surface area contributed by atoms with Gasteiger partial charge in [-0.1, -0.05) is 0 Å². The van der Waals surface area contributed by atoms with Crippen molar-refractivity contribution in [2.24, 2.45) is 11.7 Å². The van der Waals surface area contributed by atoms with Gasteiger partial charge in [0.05, 0.1) is 6.04 Å². The van der Waals surface area contributed by atoms with Crippen molar-refractivity contribution in [1.82, 2.24) is 5.32 Å². The topological polar surface area (TPSA) is 64.4 Å². The fourth-order valence-corrected chi connectivity index (χ4v) is 2.21. The lowest BCUT2D eigenvalue weighted by molar-refractivity contribution is -0.122. The highest BCUT2D eigenvalue weighted by Gasteiger charge is 2.16. The summed E-state index contributed by atoms with van der Waals surface area (Å²) < 4.78 is 5.28. The molecule has 94 valence electrons. The molecule has 5 heteroatoms. The predicted octanol–water partition coefficient (Wildman–Crippen LogP) is 0.610. The Morgan fingerprint density at radius 1 is 1.69 bits per heavy atom. The highest BCUT2D eigenvalue weighted by atomic mass is 32.2. The fraction of sp³-hybridized carbons (Fsp3) is 0.909. The summed E-state index contributed by atoms with van der Waals surface area (Å²) in [5, 5.41) is 2.89. The quantitative estimate of drug-likeness (QED) is 0.691. The second-order valence-electron chi connectivity index (χ2n) is 4.20. The second kappa shape index (κ2) is 7.92. The maximum atomic E-state index is 11.5. The Morgan fingerprint density at radius 2 is 2.50 bits per heavy atom. The lowest BCUT2D eigenvalue weighted by atomic mass is 10.1. The van der Waals surface area contributed by atoms with Crippen LogP contribution in [0.3, 0.4) is 0 Å². The van der Waals surface area contributed by atoms with Crippen molar-refractivity contribution in [3.63, 3.8) is 0 Å². The Kier molecular flexibility index (Phi) is 6.84. The molecule has 0 aromatic heterocycles. The number of nitrogens with two attached hydrogens (primary N) is 1. The molecule has 1 heterocycles. The molecule has 0 radical (unpaired) electrons. The molecule has 1 saturated heterocycles. The number of carbonyl (C=O) groups excluding carboxylic acids is 1. The molecule has 1 unspecified atom stereocenters. The average molecular weight is 246 g/mol. The third kappa shape index (κ3) is 5.18. The number of amides is 1. The van der Waals surface area contributed by atoms with Gasteiger partial charge in [0.1, 0.15) is 0 Å². The summed E-state index contributed by atoms with van der Waals surface area (Å²) in [6, 6.07) is -0.354. The lowest BCUT2D eigenvalue weighted by Crippen LogP contribution is -2.41. The first-order valence-electron chi connectivity index (χ1n) is 5.84. The van der Waals surface area contributed by atoms with Crippen molar-refractivity contribution in [3.8, 4) is 0 Å². The maximum absolute atomic E-state index is 11.5. The van der Waals surface area contributed by atoms with E-state index in [2.05, 4.69) is 5.32 Å². The maximum Gasteiger partial charge on any atom is 0.236 e. The zero-order valence-corrected chi connectivity index (χ0v) is 10.7. The SMILES string of the molecule is CSCC[C@@H](N)C(=O)NCCC1CCOC1. The molecule has 0 spiro atoms. The zero-order valence-electron chi connectivity index (χ0n) is 9.91. The number of ether oxygens (including phenoxy) is 1. The van der Waals surface area contributed by atoms with Crippen molar-refractivity contribution >= 4 is 17.7 Å². The van der Waals surface area contributed by atoms with E-state index in [4.69, 9.17) is 10.5 Å². The van der Waals surface area contributed by atoms with Crippen molar-refractivity contribution in [1.29, 1.82) is 0 Å². The first kappa shape index (κ1) is 13.8. The van der Waals surface area contributed by atoms with E-state index in [0.29, 0.717) is 5.92 Å². The Bertz CT molecular complexity index is 208. The van der Waals surface area contributed by atoms with Gasteiger partial charge >= 0.3 is 0 Å². The van der Waals surface area contributed by atoms with Crippen LogP contribution in [0.2, 0.25) is 0 Å². The monoisotopic (exact) mass is 246 g/mol. The predicted molar refractivity (Wildman–Crippen MR) is 67.5 cm³/mol. The summed E-state index contributed by atoms with van der Waals surface area (Å²) in [5.74, 6) is 1.53. The number of thioether (sulfide) groups is 1. The summed E-state index contributed by atoms with van der Waals surface area (Å²) in [6.07, 6.45) is 4.89. The average Bonchev–Trinajstić information content (AvgIpc) is 2.78. The standard InChI is InChI=1S/C11H22N2O2S/c1-16-7-4-10(12)11(14)13-5-2-9-3-6-15-8-9/h9-10H,2-8,12H2,1H3,(H,13,14)/t9?,10-/m1/s1. The third-order valence-corrected chi connectivity index (χ3v) is 3.49. The molecule has 16 heavy (non-hydrogen) atoms. The van der Waals surface area contributed by atoms with Crippen LogP contribution in [-0.2, 0) is 9.53 Å². The molecular weight excluding hydrogens is 224 g/mol. The van der Waals surface area contributed by atoms with Gasteiger partial charge in [0, 0.05) is 19.8 Å². The first-order valence-corrected chi connectivity index (χ1v) is 7.23. The minimum absolute atomic E-state index is 0.0204. The molecule has 1 aliphatic heterocycles. The number of carbonyl (C=O) groups is 1. The van der Waals surface area contributed by atoms with Crippen LogP contribution < -0.4 is 11.1 Å². The number of hydrogen-bond donors (Lipinski definition) is 2. The van der Waals surface area contributed by atoms with Crippen molar-refractivity contribution in [2.45, 2.75) is 25.3 Å². The fourth-order valence-electron chi connectivity index (χ4n) is 1.72. The number of hydrogen-bond acceptors (Lipinski definition) is 4. The molecule has 1 amide bonds. The van der Waals surface area contributed by atoms with Crippen LogP contribution in [0.4, 0.5) is 0 Å². The molecule has 1 rings (SSSR count). The Balaban J connectivity index is 2.04. The van der Waals surface area contributed by atoms with Crippen LogP contribution in [0.15, 0.2) is 0 Å². The molecule has 3 N–H and O–H groups in total. The number of rotatable bonds is 7. The van der Waals surface area contributed by atoms with Gasteiger partial charge < -0.3 is 15.8 Å². The molecule has 1 fully saturated rings. The first-order chi connectivity index (χ1) is 7.74. The van der Waals surface area contributed by atoms with Gasteiger partial charge in [0.25, 0.3) is 0 Å². The van der Waals surface area contributed by atoms with Crippen LogP contribution in [-0.4, -0.2) is 43.7 Å². The van der Waals surface area contributed by atoms with Gasteiger partial charge in [-0.2, -0.15) is 11.8 Å². The van der Waals surface area contributed by atoms with Gasteiger partial charge in [-0.3, -0.25) is 4.79 Å². The van der Waals surface area contributed by atoms with E-state index in [0.717, 1.165) is 44.8 Å². The van der Waals surface area contributed by atoms with Gasteiger partial charge in [0.2, 0.25) is 5.91 Å². The lowest BCUT2D eigenvalue weighted by Gasteiger charge is -2.13. The second-order valence-corrected chi connectivity index (χ2v) is 5.18. The highest BCUT2D eigenvalue weighted by Crippen LogP contribution is 2.15. The molecule has 2 atom stereocenters. The number of nitrogens with one attached hydrogen (secondary N) is 1. The smallest absolute Gasteiger partial charge is 0.236 e. The molecule has 0 aromatic carbocycles. The molecule has 0 aliphatic carbocycles. The van der Waals surface area contributed by atoms with Gasteiger partial charge in [0.15, 0.2) is 0 Å². The Morgan fingerprint density at radius 3 is 3.12 bits per heavy atom. The summed E-state index contributed by atoms with van der Waals surface area (Å²) in [4.78, 5) is 11.5. The Hall–Kier alpha value is -0.260. The van der Waals surface area contributed by atoms with E-state index in [9.17, 15) is 4.79 Å². The van der Waals surface area contributed by atoms with Crippen molar-refractivity contribution < 1.29 is 9.53 Å². The van der Waals surface area contributed by atoms with E-state index in [-0.39, 0.29) is 11.9 Å². The molecule has 1 aliphatic rings. The normalized spacial score (nSPS) is 22.0. The van der Waals surface area contributed by atoms with E-state index in [1.165, 1.54) is 0 Å². The van der Waals surface area contributed by atoms with Crippen LogP contribution in [0.1, 0.15) is 19.3 Å². The zero-order chi connectivity index (χ0) is 11.8. The molecule has 4 nitrogen and oxygen atoms in total. The summed E-state index contributed by atoms with van der Waals surface area (Å²) >= 11 is 1.72. The van der Waals surface area contributed by atoms with Crippen LogP contribution >= 0.6 is 11.8 Å². The third-order valence-electron chi connectivity index (χ3n) is 2.85. The summed E-state index contributed by atoms with van der Waals surface area (Å²) in [6.45, 7) is 2.43. The summed E-state index contributed by atoms with van der Waals surface area (Å²) in [7, 11) is 0. The molecule has 0 saturated carbocycles. The van der Waals surface area contributed by atoms with Crippen molar-refractivity contribution in [2.75, 3.05) is 31.8 Å². The largest absolute Gasteiger partial charge is 0.381 e. The van der Waals surface area contributed by atoms with Crippen LogP contribution in [0.5, 0.6) is 0 Å². The van der Waals surface area contributed by atoms with Gasteiger partial charge in [-0.15, -0.1) is 0 Å². The van der Waals surface area contributed by atoms with E-state index in [1.807, 2.05) is 6.26 Å². The highest BCUT2D eigenvalue weighted by molar-refractivity contribution is 7.98. The molecular formula is C11H22N2O2S. The summed E-state index contributed by atoms with van der Waals surface area (Å²) in [5.41, 5.74) is 5.75.